The van der Waals surface area contributed by atoms with Gasteiger partial charge in [0.25, 0.3) is 0 Å². The number of hydrogen-bond donors (Lipinski definition) is 2. The average Bonchev–Trinajstić information content (AvgIpc) is 3.24. The van der Waals surface area contributed by atoms with Crippen LogP contribution in [0.2, 0.25) is 0 Å². The van der Waals surface area contributed by atoms with Gasteiger partial charge in [0, 0.05) is 38.4 Å². The maximum absolute atomic E-state index is 12.2. The molecule has 0 bridgehead atoms. The van der Waals surface area contributed by atoms with Crippen molar-refractivity contribution in [3.8, 4) is 0 Å². The molecule has 1 saturated heterocycles. The van der Waals surface area contributed by atoms with E-state index in [-0.39, 0.29) is 18.4 Å². The SMILES string of the molecule is Cn1c(Cn2cccn2)nnc1[C@@H]1CCCN(C(=O)CNC(N)=O)C1. The van der Waals surface area contributed by atoms with Gasteiger partial charge in [-0.1, -0.05) is 0 Å². The van der Waals surface area contributed by atoms with E-state index in [0.717, 1.165) is 24.5 Å². The number of amides is 3. The summed E-state index contributed by atoms with van der Waals surface area (Å²) in [6.45, 7) is 1.71. The van der Waals surface area contributed by atoms with Crippen molar-refractivity contribution in [2.45, 2.75) is 25.3 Å². The number of rotatable bonds is 5. The molecule has 0 unspecified atom stereocenters. The first-order valence-corrected chi connectivity index (χ1v) is 8.21. The first kappa shape index (κ1) is 16.9. The molecular formula is C15H22N8O2. The van der Waals surface area contributed by atoms with Crippen molar-refractivity contribution < 1.29 is 9.59 Å². The summed E-state index contributed by atoms with van der Waals surface area (Å²) in [4.78, 5) is 24.7. The van der Waals surface area contributed by atoms with E-state index < -0.39 is 6.03 Å². The summed E-state index contributed by atoms with van der Waals surface area (Å²) in [6, 6.07) is 1.17. The van der Waals surface area contributed by atoms with Crippen LogP contribution >= 0.6 is 0 Å². The molecule has 0 aromatic carbocycles. The van der Waals surface area contributed by atoms with E-state index in [9.17, 15) is 9.59 Å². The van der Waals surface area contributed by atoms with Crippen LogP contribution in [0, 0.1) is 0 Å². The van der Waals surface area contributed by atoms with E-state index in [1.54, 1.807) is 15.8 Å². The van der Waals surface area contributed by atoms with Crippen LogP contribution in [0.15, 0.2) is 18.5 Å². The Morgan fingerprint density at radius 2 is 2.24 bits per heavy atom. The molecule has 1 fully saturated rings. The Morgan fingerprint density at radius 1 is 1.40 bits per heavy atom. The Bertz CT molecular complexity index is 739. The minimum absolute atomic E-state index is 0.0780. The number of hydrogen-bond acceptors (Lipinski definition) is 5. The summed E-state index contributed by atoms with van der Waals surface area (Å²) in [7, 11) is 1.93. The zero-order chi connectivity index (χ0) is 17.8. The molecule has 0 saturated carbocycles. The molecule has 0 spiro atoms. The van der Waals surface area contributed by atoms with E-state index in [1.807, 2.05) is 23.9 Å². The molecule has 134 valence electrons. The lowest BCUT2D eigenvalue weighted by atomic mass is 9.97. The fourth-order valence-electron chi connectivity index (χ4n) is 3.10. The van der Waals surface area contributed by atoms with E-state index in [1.165, 1.54) is 0 Å². The molecule has 10 nitrogen and oxygen atoms in total. The van der Waals surface area contributed by atoms with Crippen LogP contribution in [0.4, 0.5) is 4.79 Å². The summed E-state index contributed by atoms with van der Waals surface area (Å²) in [6.07, 6.45) is 5.43. The number of carbonyl (C=O) groups is 2. The molecule has 3 amide bonds. The van der Waals surface area contributed by atoms with Crippen molar-refractivity contribution in [2.75, 3.05) is 19.6 Å². The van der Waals surface area contributed by atoms with Crippen molar-refractivity contribution in [3.63, 3.8) is 0 Å². The molecular weight excluding hydrogens is 324 g/mol. The second-order valence-electron chi connectivity index (χ2n) is 6.13. The number of nitrogens with zero attached hydrogens (tertiary/aromatic N) is 6. The Kier molecular flexibility index (Phi) is 4.96. The van der Waals surface area contributed by atoms with E-state index in [0.29, 0.717) is 19.6 Å². The highest BCUT2D eigenvalue weighted by Crippen LogP contribution is 2.25. The highest BCUT2D eigenvalue weighted by Gasteiger charge is 2.28. The first-order valence-electron chi connectivity index (χ1n) is 8.21. The third kappa shape index (κ3) is 3.95. The van der Waals surface area contributed by atoms with Gasteiger partial charge in [-0.05, 0) is 18.9 Å². The van der Waals surface area contributed by atoms with Crippen LogP contribution in [0.25, 0.3) is 0 Å². The lowest BCUT2D eigenvalue weighted by Gasteiger charge is -2.32. The molecule has 3 heterocycles. The van der Waals surface area contributed by atoms with Gasteiger partial charge in [0.2, 0.25) is 5.91 Å². The smallest absolute Gasteiger partial charge is 0.312 e. The van der Waals surface area contributed by atoms with E-state index in [4.69, 9.17) is 5.73 Å². The monoisotopic (exact) mass is 346 g/mol. The number of urea groups is 1. The Labute approximate surface area is 145 Å². The minimum Gasteiger partial charge on any atom is -0.352 e. The quantitative estimate of drug-likeness (QED) is 0.750. The number of piperidine rings is 1. The zero-order valence-corrected chi connectivity index (χ0v) is 14.1. The largest absolute Gasteiger partial charge is 0.352 e. The summed E-state index contributed by atoms with van der Waals surface area (Å²) in [5, 5.41) is 15.1. The molecule has 1 atom stereocenters. The average molecular weight is 346 g/mol. The summed E-state index contributed by atoms with van der Waals surface area (Å²) < 4.78 is 3.77. The molecule has 3 rings (SSSR count). The van der Waals surface area contributed by atoms with Crippen LogP contribution in [0.3, 0.4) is 0 Å². The van der Waals surface area contributed by atoms with Crippen LogP contribution in [0.5, 0.6) is 0 Å². The summed E-state index contributed by atoms with van der Waals surface area (Å²) >= 11 is 0. The second-order valence-corrected chi connectivity index (χ2v) is 6.13. The molecule has 3 N–H and O–H groups in total. The van der Waals surface area contributed by atoms with Crippen LogP contribution in [0.1, 0.15) is 30.4 Å². The highest BCUT2D eigenvalue weighted by molar-refractivity contribution is 5.83. The lowest BCUT2D eigenvalue weighted by molar-refractivity contribution is -0.131. The predicted octanol–water partition coefficient (Wildman–Crippen LogP) is -0.566. The topological polar surface area (TPSA) is 124 Å². The molecule has 1 aliphatic rings. The number of nitrogens with two attached hydrogens (primary N) is 1. The maximum Gasteiger partial charge on any atom is 0.312 e. The fraction of sp³-hybridized carbons (Fsp3) is 0.533. The van der Waals surface area contributed by atoms with Crippen LogP contribution in [-0.4, -0.2) is 61.0 Å². The molecule has 2 aromatic rings. The minimum atomic E-state index is -0.696. The van der Waals surface area contributed by atoms with Gasteiger partial charge in [-0.25, -0.2) is 4.79 Å². The molecule has 0 aliphatic carbocycles. The van der Waals surface area contributed by atoms with Crippen molar-refractivity contribution >= 4 is 11.9 Å². The molecule has 25 heavy (non-hydrogen) atoms. The third-order valence-electron chi connectivity index (χ3n) is 4.41. The molecule has 0 radical (unpaired) electrons. The maximum atomic E-state index is 12.2. The van der Waals surface area contributed by atoms with Gasteiger partial charge < -0.3 is 20.5 Å². The Hall–Kier alpha value is -2.91. The van der Waals surface area contributed by atoms with Gasteiger partial charge in [0.1, 0.15) is 12.4 Å². The number of aromatic nitrogens is 5. The summed E-state index contributed by atoms with van der Waals surface area (Å²) in [5.41, 5.74) is 5.02. The second kappa shape index (κ2) is 7.32. The Morgan fingerprint density at radius 3 is 2.96 bits per heavy atom. The first-order chi connectivity index (χ1) is 12.0. The van der Waals surface area contributed by atoms with Gasteiger partial charge >= 0.3 is 6.03 Å². The van der Waals surface area contributed by atoms with Gasteiger partial charge in [0.05, 0.1) is 6.54 Å². The Balaban J connectivity index is 1.66. The highest BCUT2D eigenvalue weighted by atomic mass is 16.2. The standard InChI is InChI=1S/C15H22N8O2/c1-21-12(10-23-7-3-5-18-23)19-20-14(21)11-4-2-6-22(9-11)13(24)8-17-15(16)25/h3,5,7,11H,2,4,6,8-10H2,1H3,(H3,16,17,25)/t11-/m1/s1. The molecule has 2 aromatic heterocycles. The fourth-order valence-corrected chi connectivity index (χ4v) is 3.10. The number of carbonyl (C=O) groups excluding carboxylic acids is 2. The number of primary amides is 1. The van der Waals surface area contributed by atoms with Crippen molar-refractivity contribution in [1.82, 2.24) is 34.8 Å². The van der Waals surface area contributed by atoms with E-state index >= 15 is 0 Å². The van der Waals surface area contributed by atoms with Gasteiger partial charge in [-0.3, -0.25) is 9.48 Å². The lowest BCUT2D eigenvalue weighted by Crippen LogP contribution is -2.45. The normalized spacial score (nSPS) is 17.5. The number of nitrogens with one attached hydrogen (secondary N) is 1. The van der Waals surface area contributed by atoms with Crippen LogP contribution < -0.4 is 11.1 Å². The van der Waals surface area contributed by atoms with Crippen molar-refractivity contribution in [1.29, 1.82) is 0 Å². The zero-order valence-electron chi connectivity index (χ0n) is 14.1. The predicted molar refractivity (Wildman–Crippen MR) is 88.5 cm³/mol. The van der Waals surface area contributed by atoms with Crippen molar-refractivity contribution in [2.24, 2.45) is 12.8 Å². The van der Waals surface area contributed by atoms with Crippen LogP contribution in [-0.2, 0) is 18.4 Å². The summed E-state index contributed by atoms with van der Waals surface area (Å²) in [5.74, 6) is 1.66. The van der Waals surface area contributed by atoms with E-state index in [2.05, 4.69) is 20.6 Å². The van der Waals surface area contributed by atoms with Gasteiger partial charge in [0.15, 0.2) is 5.82 Å². The van der Waals surface area contributed by atoms with Gasteiger partial charge in [-0.2, -0.15) is 5.10 Å². The van der Waals surface area contributed by atoms with Gasteiger partial charge in [-0.15, -0.1) is 10.2 Å². The molecule has 1 aliphatic heterocycles. The molecule has 10 heteroatoms. The van der Waals surface area contributed by atoms with Crippen molar-refractivity contribution in [3.05, 3.63) is 30.1 Å². The number of likely N-dealkylation sites (tertiary alicyclic amines) is 1. The third-order valence-corrected chi connectivity index (χ3v) is 4.41.